The number of halogens is 1. The molecule has 0 aromatic heterocycles. The molecule has 6 heteroatoms. The Labute approximate surface area is 131 Å². The molecule has 1 aromatic carbocycles. The van der Waals surface area contributed by atoms with Gasteiger partial charge in [-0.1, -0.05) is 34.1 Å². The number of carbonyl (C=O) groups excluding carboxylic acids is 1. The maximum absolute atomic E-state index is 12.4. The second kappa shape index (κ2) is 6.22. The molecule has 2 heterocycles. The van der Waals surface area contributed by atoms with Crippen molar-refractivity contribution >= 4 is 33.9 Å². The number of rotatable bonds is 3. The maximum Gasteiger partial charge on any atom is 0.215 e. The lowest BCUT2D eigenvalue weighted by Crippen LogP contribution is -2.43. The Kier molecular flexibility index (Phi) is 4.15. The molecule has 0 spiro atoms. The second-order valence-electron chi connectivity index (χ2n) is 4.83. The molecule has 0 saturated heterocycles. The molecular weight excluding hydrogens is 332 g/mol. The summed E-state index contributed by atoms with van der Waals surface area (Å²) in [7, 11) is 0. The van der Waals surface area contributed by atoms with E-state index >= 15 is 0 Å². The molecule has 1 unspecified atom stereocenters. The normalized spacial score (nSPS) is 20.3. The van der Waals surface area contributed by atoms with Crippen LogP contribution in [0.3, 0.4) is 0 Å². The van der Waals surface area contributed by atoms with E-state index in [9.17, 15) is 4.79 Å². The number of hydrazone groups is 1. The van der Waals surface area contributed by atoms with Gasteiger partial charge in [-0.05, 0) is 18.2 Å². The first-order valence-corrected chi connectivity index (χ1v) is 7.60. The van der Waals surface area contributed by atoms with Crippen molar-refractivity contribution in [3.63, 3.8) is 0 Å². The number of nitrogens with zero attached hydrogens (tertiary/aromatic N) is 3. The summed E-state index contributed by atoms with van der Waals surface area (Å²) >= 11 is 3.37. The van der Waals surface area contributed by atoms with E-state index in [1.807, 2.05) is 36.4 Å². The first kappa shape index (κ1) is 14.0. The fourth-order valence-electron chi connectivity index (χ4n) is 2.30. The van der Waals surface area contributed by atoms with Gasteiger partial charge in [-0.15, -0.1) is 0 Å². The van der Waals surface area contributed by atoms with Crippen molar-refractivity contribution in [3.8, 4) is 0 Å². The lowest BCUT2D eigenvalue weighted by atomic mass is 10.0. The highest BCUT2D eigenvalue weighted by Crippen LogP contribution is 2.17. The fraction of sp³-hybridized carbons (Fsp3) is 0.267. The van der Waals surface area contributed by atoms with E-state index in [1.165, 1.54) is 0 Å². The molecule has 1 N–H and O–H groups in total. The number of guanidine groups is 1. The van der Waals surface area contributed by atoms with Gasteiger partial charge < -0.3 is 5.32 Å². The number of hydrogen-bond donors (Lipinski definition) is 1. The van der Waals surface area contributed by atoms with Crippen LogP contribution in [-0.2, 0) is 0 Å². The van der Waals surface area contributed by atoms with Crippen molar-refractivity contribution in [1.82, 2.24) is 10.3 Å². The molecular formula is C15H15BrN4O. The predicted octanol–water partition coefficient (Wildman–Crippen LogP) is 2.21. The number of aliphatic imine (C=N–C) groups is 1. The number of Topliss-reactive ketones (excluding diaryl/α,β-unsaturated/α-hetero) is 1. The summed E-state index contributed by atoms with van der Waals surface area (Å²) in [6.45, 7) is 1.57. The van der Waals surface area contributed by atoms with E-state index in [2.05, 4.69) is 31.3 Å². The van der Waals surface area contributed by atoms with Gasteiger partial charge in [0.05, 0.1) is 12.6 Å². The third-order valence-corrected chi connectivity index (χ3v) is 3.89. The zero-order valence-corrected chi connectivity index (χ0v) is 13.0. The molecule has 0 radical (unpaired) electrons. The molecule has 2 aliphatic heterocycles. The van der Waals surface area contributed by atoms with Crippen molar-refractivity contribution < 1.29 is 4.79 Å². The molecule has 0 saturated carbocycles. The number of carbonyl (C=O) groups is 1. The second-order valence-corrected chi connectivity index (χ2v) is 5.74. The molecule has 1 atom stereocenters. The Morgan fingerprint density at radius 2 is 2.19 bits per heavy atom. The summed E-state index contributed by atoms with van der Waals surface area (Å²) in [6, 6.07) is 7.32. The SMILES string of the molecule is O=C(CC1C=CC=NN1C1=NCCN1)c1ccc(Br)cc1. The largest absolute Gasteiger partial charge is 0.353 e. The summed E-state index contributed by atoms with van der Waals surface area (Å²) in [4.78, 5) is 16.8. The van der Waals surface area contributed by atoms with Crippen molar-refractivity contribution in [1.29, 1.82) is 0 Å². The van der Waals surface area contributed by atoms with E-state index in [0.29, 0.717) is 12.0 Å². The Bertz CT molecular complexity index is 621. The third-order valence-electron chi connectivity index (χ3n) is 3.36. The van der Waals surface area contributed by atoms with Gasteiger partial charge in [0.25, 0.3) is 0 Å². The van der Waals surface area contributed by atoms with Crippen LogP contribution in [0.1, 0.15) is 16.8 Å². The van der Waals surface area contributed by atoms with Crippen molar-refractivity contribution in [3.05, 3.63) is 46.5 Å². The summed E-state index contributed by atoms with van der Waals surface area (Å²) < 4.78 is 0.965. The number of benzene rings is 1. The number of ketones is 1. The van der Waals surface area contributed by atoms with Gasteiger partial charge in [-0.25, -0.2) is 10.0 Å². The van der Waals surface area contributed by atoms with Gasteiger partial charge in [0, 0.05) is 29.2 Å². The van der Waals surface area contributed by atoms with E-state index in [4.69, 9.17) is 0 Å². The maximum atomic E-state index is 12.4. The van der Waals surface area contributed by atoms with Crippen LogP contribution in [0.2, 0.25) is 0 Å². The summed E-state index contributed by atoms with van der Waals surface area (Å²) in [5.41, 5.74) is 0.711. The monoisotopic (exact) mass is 346 g/mol. The Morgan fingerprint density at radius 3 is 2.90 bits per heavy atom. The predicted molar refractivity (Wildman–Crippen MR) is 86.7 cm³/mol. The zero-order chi connectivity index (χ0) is 14.7. The summed E-state index contributed by atoms with van der Waals surface area (Å²) in [5.74, 6) is 0.835. The van der Waals surface area contributed by atoms with Gasteiger partial charge >= 0.3 is 0 Å². The highest BCUT2D eigenvalue weighted by atomic mass is 79.9. The summed E-state index contributed by atoms with van der Waals surface area (Å²) in [5, 5.41) is 9.29. The minimum atomic E-state index is -0.101. The van der Waals surface area contributed by atoms with Gasteiger partial charge in [0.15, 0.2) is 5.78 Å². The van der Waals surface area contributed by atoms with Crippen LogP contribution in [0.4, 0.5) is 0 Å². The first-order chi connectivity index (χ1) is 10.2. The van der Waals surface area contributed by atoms with E-state index in [1.54, 1.807) is 11.2 Å². The molecule has 108 valence electrons. The van der Waals surface area contributed by atoms with Crippen molar-refractivity contribution in [2.24, 2.45) is 10.1 Å². The van der Waals surface area contributed by atoms with Crippen LogP contribution < -0.4 is 5.32 Å². The zero-order valence-electron chi connectivity index (χ0n) is 11.4. The first-order valence-electron chi connectivity index (χ1n) is 6.81. The topological polar surface area (TPSA) is 57.1 Å². The van der Waals surface area contributed by atoms with Crippen LogP contribution in [0.15, 0.2) is 51.0 Å². The molecule has 5 nitrogen and oxygen atoms in total. The molecule has 0 amide bonds. The Balaban J connectivity index is 1.73. The molecule has 3 rings (SSSR count). The molecule has 21 heavy (non-hydrogen) atoms. The van der Waals surface area contributed by atoms with Gasteiger partial charge in [0.1, 0.15) is 0 Å². The van der Waals surface area contributed by atoms with Crippen LogP contribution >= 0.6 is 15.9 Å². The van der Waals surface area contributed by atoms with Gasteiger partial charge in [-0.2, -0.15) is 5.10 Å². The average Bonchev–Trinajstić information content (AvgIpc) is 3.02. The number of nitrogens with one attached hydrogen (secondary N) is 1. The van der Waals surface area contributed by atoms with E-state index in [-0.39, 0.29) is 11.8 Å². The number of allylic oxidation sites excluding steroid dienone is 1. The molecule has 1 aromatic rings. The fourth-order valence-corrected chi connectivity index (χ4v) is 2.57. The lowest BCUT2D eigenvalue weighted by Gasteiger charge is -2.27. The molecule has 2 aliphatic rings. The standard InChI is InChI=1S/C15H15BrN4O/c16-12-5-3-11(4-6-12)14(21)10-13-2-1-7-19-20(13)15-17-8-9-18-15/h1-7,13H,8-10H2,(H,17,18). The minimum absolute atomic E-state index is 0.0952. The molecule has 0 aliphatic carbocycles. The van der Waals surface area contributed by atoms with Gasteiger partial charge in [-0.3, -0.25) is 4.79 Å². The third kappa shape index (κ3) is 3.21. The average molecular weight is 347 g/mol. The summed E-state index contributed by atoms with van der Waals surface area (Å²) in [6.07, 6.45) is 5.93. The quantitative estimate of drug-likeness (QED) is 0.853. The lowest BCUT2D eigenvalue weighted by molar-refractivity contribution is 0.0961. The molecule has 0 fully saturated rings. The van der Waals surface area contributed by atoms with Crippen molar-refractivity contribution in [2.45, 2.75) is 12.5 Å². The van der Waals surface area contributed by atoms with Crippen molar-refractivity contribution in [2.75, 3.05) is 13.1 Å². The van der Waals surface area contributed by atoms with E-state index in [0.717, 1.165) is 23.5 Å². The Morgan fingerprint density at radius 1 is 1.38 bits per heavy atom. The van der Waals surface area contributed by atoms with Gasteiger partial charge in [0.2, 0.25) is 5.96 Å². The van der Waals surface area contributed by atoms with Crippen LogP contribution in [-0.4, -0.2) is 42.1 Å². The Hall–Kier alpha value is -1.95. The highest BCUT2D eigenvalue weighted by molar-refractivity contribution is 9.10. The minimum Gasteiger partial charge on any atom is -0.353 e. The van der Waals surface area contributed by atoms with Crippen LogP contribution in [0.5, 0.6) is 0 Å². The number of hydrogen-bond acceptors (Lipinski definition) is 5. The van der Waals surface area contributed by atoms with Crippen LogP contribution in [0, 0.1) is 0 Å². The molecule has 0 bridgehead atoms. The highest BCUT2D eigenvalue weighted by Gasteiger charge is 2.25. The van der Waals surface area contributed by atoms with Crippen LogP contribution in [0.25, 0.3) is 0 Å². The smallest absolute Gasteiger partial charge is 0.215 e. The van der Waals surface area contributed by atoms with E-state index < -0.39 is 0 Å².